The van der Waals surface area contributed by atoms with Gasteiger partial charge in [0.2, 0.25) is 0 Å². The molecule has 1 amide bonds. The van der Waals surface area contributed by atoms with E-state index < -0.39 is 17.4 Å². The molecule has 0 atom stereocenters. The molecule has 2 aromatic carbocycles. The van der Waals surface area contributed by atoms with Gasteiger partial charge in [0.25, 0.3) is 5.91 Å². The SMILES string of the molecule is O=C(COc1ccc(Cl)cc1[N+](=O)[O-])N/N=C/c1ccc(O)cc1. The first-order valence-electron chi connectivity index (χ1n) is 6.63. The fourth-order valence-electron chi connectivity index (χ4n) is 1.67. The molecular weight excluding hydrogens is 338 g/mol. The minimum atomic E-state index is -0.651. The molecule has 24 heavy (non-hydrogen) atoms. The highest BCUT2D eigenvalue weighted by atomic mass is 35.5. The maximum Gasteiger partial charge on any atom is 0.312 e. The standard InChI is InChI=1S/C15H12ClN3O5/c16-11-3-6-14(13(7-11)19(22)23)24-9-15(21)18-17-8-10-1-4-12(20)5-2-10/h1-8,20H,9H2,(H,18,21)/b17-8+. The quantitative estimate of drug-likeness (QED) is 0.472. The minimum absolute atomic E-state index is 0.0675. The van der Waals surface area contributed by atoms with Gasteiger partial charge in [-0.25, -0.2) is 5.43 Å². The third kappa shape index (κ3) is 4.96. The lowest BCUT2D eigenvalue weighted by molar-refractivity contribution is -0.385. The van der Waals surface area contributed by atoms with Crippen molar-refractivity contribution in [3.63, 3.8) is 0 Å². The van der Waals surface area contributed by atoms with Crippen molar-refractivity contribution in [1.82, 2.24) is 5.43 Å². The summed E-state index contributed by atoms with van der Waals surface area (Å²) in [5.74, 6) is -0.537. The van der Waals surface area contributed by atoms with E-state index in [-0.39, 0.29) is 22.2 Å². The number of hydrogen-bond donors (Lipinski definition) is 2. The van der Waals surface area contributed by atoms with Crippen LogP contribution in [0.5, 0.6) is 11.5 Å². The number of amides is 1. The van der Waals surface area contributed by atoms with E-state index in [0.717, 1.165) is 6.07 Å². The largest absolute Gasteiger partial charge is 0.508 e. The van der Waals surface area contributed by atoms with Gasteiger partial charge in [-0.15, -0.1) is 0 Å². The molecule has 0 aliphatic rings. The summed E-state index contributed by atoms with van der Waals surface area (Å²) in [5, 5.41) is 23.9. The van der Waals surface area contributed by atoms with Crippen LogP contribution < -0.4 is 10.2 Å². The summed E-state index contributed by atoms with van der Waals surface area (Å²) in [6, 6.07) is 10.0. The Hall–Kier alpha value is -3.13. The van der Waals surface area contributed by atoms with Crippen LogP contribution in [0.3, 0.4) is 0 Å². The highest BCUT2D eigenvalue weighted by molar-refractivity contribution is 6.30. The number of carbonyl (C=O) groups excluding carboxylic acids is 1. The molecular formula is C15H12ClN3O5. The summed E-state index contributed by atoms with van der Waals surface area (Å²) in [6.45, 7) is -0.449. The molecule has 0 spiro atoms. The number of hydrogen-bond acceptors (Lipinski definition) is 6. The Labute approximate surface area is 141 Å². The number of nitro benzene ring substituents is 1. The summed E-state index contributed by atoms with van der Waals surface area (Å²) < 4.78 is 5.11. The number of nitrogens with one attached hydrogen (secondary N) is 1. The van der Waals surface area contributed by atoms with Gasteiger partial charge >= 0.3 is 5.69 Å². The summed E-state index contributed by atoms with van der Waals surface area (Å²) in [5.41, 5.74) is 2.56. The van der Waals surface area contributed by atoms with Crippen molar-refractivity contribution in [2.24, 2.45) is 5.10 Å². The molecule has 0 fully saturated rings. The van der Waals surface area contributed by atoms with Crippen molar-refractivity contribution < 1.29 is 19.6 Å². The molecule has 0 radical (unpaired) electrons. The maximum absolute atomic E-state index is 11.6. The first-order chi connectivity index (χ1) is 11.5. The highest BCUT2D eigenvalue weighted by Crippen LogP contribution is 2.29. The van der Waals surface area contributed by atoms with Crippen LogP contribution in [0, 0.1) is 10.1 Å². The van der Waals surface area contributed by atoms with Gasteiger partial charge in [-0.05, 0) is 42.0 Å². The number of aromatic hydroxyl groups is 1. The van der Waals surface area contributed by atoms with Crippen LogP contribution in [0.4, 0.5) is 5.69 Å². The van der Waals surface area contributed by atoms with Crippen LogP contribution in [0.2, 0.25) is 5.02 Å². The second-order valence-electron chi connectivity index (χ2n) is 4.54. The number of carbonyl (C=O) groups is 1. The zero-order chi connectivity index (χ0) is 17.5. The molecule has 9 heteroatoms. The lowest BCUT2D eigenvalue weighted by Gasteiger charge is -2.05. The Morgan fingerprint density at radius 2 is 2.04 bits per heavy atom. The van der Waals surface area contributed by atoms with E-state index in [0.29, 0.717) is 5.56 Å². The second-order valence-corrected chi connectivity index (χ2v) is 4.98. The summed E-state index contributed by atoms with van der Waals surface area (Å²) in [7, 11) is 0. The van der Waals surface area contributed by atoms with Crippen molar-refractivity contribution in [2.45, 2.75) is 0 Å². The van der Waals surface area contributed by atoms with E-state index >= 15 is 0 Å². The Morgan fingerprint density at radius 3 is 2.71 bits per heavy atom. The van der Waals surface area contributed by atoms with Gasteiger partial charge in [0.05, 0.1) is 11.1 Å². The van der Waals surface area contributed by atoms with E-state index in [4.69, 9.17) is 21.4 Å². The van der Waals surface area contributed by atoms with E-state index in [1.807, 2.05) is 0 Å². The lowest BCUT2D eigenvalue weighted by Crippen LogP contribution is -2.24. The first kappa shape index (κ1) is 17.2. The van der Waals surface area contributed by atoms with Gasteiger partial charge in [0.1, 0.15) is 5.75 Å². The van der Waals surface area contributed by atoms with E-state index in [1.54, 1.807) is 12.1 Å². The molecule has 0 saturated heterocycles. The number of hydrazone groups is 1. The minimum Gasteiger partial charge on any atom is -0.508 e. The second kappa shape index (κ2) is 7.93. The van der Waals surface area contributed by atoms with Crippen molar-refractivity contribution in [3.05, 3.63) is 63.2 Å². The third-order valence-electron chi connectivity index (χ3n) is 2.77. The summed E-state index contributed by atoms with van der Waals surface area (Å²) in [4.78, 5) is 21.9. The first-order valence-corrected chi connectivity index (χ1v) is 7.01. The third-order valence-corrected chi connectivity index (χ3v) is 3.01. The highest BCUT2D eigenvalue weighted by Gasteiger charge is 2.16. The lowest BCUT2D eigenvalue weighted by atomic mass is 10.2. The molecule has 2 N–H and O–H groups in total. The number of benzene rings is 2. The van der Waals surface area contributed by atoms with Crippen molar-refractivity contribution >= 4 is 29.4 Å². The van der Waals surface area contributed by atoms with Gasteiger partial charge in [0, 0.05) is 11.1 Å². The summed E-state index contributed by atoms with van der Waals surface area (Å²) in [6.07, 6.45) is 1.38. The fraction of sp³-hybridized carbons (Fsp3) is 0.0667. The molecule has 0 aliphatic heterocycles. The molecule has 124 valence electrons. The fourth-order valence-corrected chi connectivity index (χ4v) is 1.84. The van der Waals surface area contributed by atoms with Crippen LogP contribution in [-0.4, -0.2) is 28.8 Å². The Kier molecular flexibility index (Phi) is 5.69. The average Bonchev–Trinajstić information content (AvgIpc) is 2.55. The predicted molar refractivity (Wildman–Crippen MR) is 87.4 cm³/mol. The molecule has 0 heterocycles. The van der Waals surface area contributed by atoms with Gasteiger partial charge in [0.15, 0.2) is 12.4 Å². The molecule has 0 saturated carbocycles. The van der Waals surface area contributed by atoms with Crippen LogP contribution in [0.25, 0.3) is 0 Å². The van der Waals surface area contributed by atoms with Crippen LogP contribution in [0.15, 0.2) is 47.6 Å². The number of rotatable bonds is 6. The zero-order valence-electron chi connectivity index (χ0n) is 12.2. The van der Waals surface area contributed by atoms with E-state index in [9.17, 15) is 14.9 Å². The number of ether oxygens (including phenoxy) is 1. The van der Waals surface area contributed by atoms with Crippen molar-refractivity contribution in [1.29, 1.82) is 0 Å². The number of halogens is 1. The van der Waals surface area contributed by atoms with E-state index in [1.165, 1.54) is 30.5 Å². The molecule has 0 unspecified atom stereocenters. The van der Waals surface area contributed by atoms with E-state index in [2.05, 4.69) is 10.5 Å². The van der Waals surface area contributed by atoms with Gasteiger partial charge in [-0.1, -0.05) is 11.6 Å². The summed E-state index contributed by atoms with van der Waals surface area (Å²) >= 11 is 5.69. The normalized spacial score (nSPS) is 10.5. The van der Waals surface area contributed by atoms with Gasteiger partial charge in [-0.2, -0.15) is 5.10 Å². The monoisotopic (exact) mass is 349 g/mol. The predicted octanol–water partition coefficient (Wildman–Crippen LogP) is 2.48. The Bertz CT molecular complexity index is 777. The Morgan fingerprint density at radius 1 is 1.33 bits per heavy atom. The zero-order valence-corrected chi connectivity index (χ0v) is 12.9. The van der Waals surface area contributed by atoms with Gasteiger partial charge < -0.3 is 9.84 Å². The number of phenols is 1. The van der Waals surface area contributed by atoms with Crippen LogP contribution in [0.1, 0.15) is 5.56 Å². The number of nitro groups is 1. The number of phenolic OH excluding ortho intramolecular Hbond substituents is 1. The maximum atomic E-state index is 11.6. The number of nitrogens with zero attached hydrogens (tertiary/aromatic N) is 2. The molecule has 8 nitrogen and oxygen atoms in total. The average molecular weight is 350 g/mol. The smallest absolute Gasteiger partial charge is 0.312 e. The molecule has 2 aromatic rings. The molecule has 0 aliphatic carbocycles. The van der Waals surface area contributed by atoms with Crippen LogP contribution in [-0.2, 0) is 4.79 Å². The molecule has 2 rings (SSSR count). The Balaban J connectivity index is 1.89. The van der Waals surface area contributed by atoms with Crippen molar-refractivity contribution in [2.75, 3.05) is 6.61 Å². The molecule has 0 bridgehead atoms. The van der Waals surface area contributed by atoms with Crippen molar-refractivity contribution in [3.8, 4) is 11.5 Å². The molecule has 0 aromatic heterocycles. The topological polar surface area (TPSA) is 114 Å². The van der Waals surface area contributed by atoms with Gasteiger partial charge in [-0.3, -0.25) is 14.9 Å². The van der Waals surface area contributed by atoms with Crippen LogP contribution >= 0.6 is 11.6 Å².